The van der Waals surface area contributed by atoms with Gasteiger partial charge in [0.15, 0.2) is 0 Å². The summed E-state index contributed by atoms with van der Waals surface area (Å²) < 4.78 is 5.53. The molecule has 4 N–H and O–H groups in total. The molecule has 1 aliphatic heterocycles. The fourth-order valence-electron chi connectivity index (χ4n) is 5.11. The Kier molecular flexibility index (Phi) is 8.53. The minimum Gasteiger partial charge on any atom is -0.447 e. The van der Waals surface area contributed by atoms with Crippen LogP contribution in [0.3, 0.4) is 0 Å². The average molecular weight is 427 g/mol. The summed E-state index contributed by atoms with van der Waals surface area (Å²) in [7, 11) is 0. The first kappa shape index (κ1) is 24.9. The number of rotatable bonds is 7. The number of aliphatic hydroxyl groups is 1. The fraction of sp³-hybridized carbons (Fsp3) is 0.909. The van der Waals surface area contributed by atoms with Crippen molar-refractivity contribution in [1.82, 2.24) is 15.1 Å². The Morgan fingerprint density at radius 1 is 1.27 bits per heavy atom. The SMILES string of the molecule is CC(=O)N1C2CCC(C(CN)CNCC(C)(C)O)CC2N(C(=O)OC(C)C)C[C@@H]1C. The van der Waals surface area contributed by atoms with Gasteiger partial charge in [0, 0.05) is 26.1 Å². The molecule has 0 aromatic rings. The second-order valence-corrected chi connectivity index (χ2v) is 10.0. The van der Waals surface area contributed by atoms with Gasteiger partial charge in [-0.1, -0.05) is 0 Å². The molecule has 1 saturated carbocycles. The summed E-state index contributed by atoms with van der Waals surface area (Å²) in [6.07, 6.45) is 2.16. The van der Waals surface area contributed by atoms with Gasteiger partial charge >= 0.3 is 6.09 Å². The maximum absolute atomic E-state index is 12.8. The highest BCUT2D eigenvalue weighted by molar-refractivity contribution is 5.75. The molecular weight excluding hydrogens is 384 g/mol. The van der Waals surface area contributed by atoms with Crippen LogP contribution in [-0.4, -0.2) is 82.9 Å². The number of nitrogens with zero attached hydrogens (tertiary/aromatic N) is 2. The van der Waals surface area contributed by atoms with Crippen LogP contribution in [-0.2, 0) is 9.53 Å². The van der Waals surface area contributed by atoms with Gasteiger partial charge in [-0.3, -0.25) is 4.79 Å². The van der Waals surface area contributed by atoms with Crippen LogP contribution in [0.1, 0.15) is 60.8 Å². The molecule has 1 aliphatic carbocycles. The van der Waals surface area contributed by atoms with Crippen molar-refractivity contribution in [3.63, 3.8) is 0 Å². The zero-order chi connectivity index (χ0) is 22.6. The van der Waals surface area contributed by atoms with Crippen molar-refractivity contribution in [2.45, 2.75) is 90.6 Å². The number of nitrogens with one attached hydrogen (secondary N) is 1. The minimum atomic E-state index is -0.768. The van der Waals surface area contributed by atoms with E-state index < -0.39 is 5.60 Å². The quantitative estimate of drug-likeness (QED) is 0.570. The standard InChI is InChI=1S/C22H42N4O4/c1-14(2)30-21(28)25-12-15(3)26(16(4)27)19-8-7-17(9-20(19)25)18(10-23)11-24-13-22(5,6)29/h14-15,17-20,24,29H,7-13,23H2,1-6H3/t15-,17?,18?,19?,20?/m0/s1. The molecule has 8 nitrogen and oxygen atoms in total. The second-order valence-electron chi connectivity index (χ2n) is 10.0. The van der Waals surface area contributed by atoms with Crippen molar-refractivity contribution >= 4 is 12.0 Å². The minimum absolute atomic E-state index is 0.0185. The lowest BCUT2D eigenvalue weighted by Crippen LogP contribution is -2.67. The molecule has 30 heavy (non-hydrogen) atoms. The molecule has 0 aromatic carbocycles. The Balaban J connectivity index is 2.16. The van der Waals surface area contributed by atoms with Crippen molar-refractivity contribution in [1.29, 1.82) is 0 Å². The molecule has 2 aliphatic rings. The van der Waals surface area contributed by atoms with Crippen LogP contribution in [0.4, 0.5) is 4.79 Å². The van der Waals surface area contributed by atoms with Gasteiger partial charge in [0.2, 0.25) is 5.91 Å². The van der Waals surface area contributed by atoms with Crippen molar-refractivity contribution in [3.05, 3.63) is 0 Å². The van der Waals surface area contributed by atoms with E-state index in [9.17, 15) is 14.7 Å². The van der Waals surface area contributed by atoms with Crippen LogP contribution in [0.2, 0.25) is 0 Å². The maximum atomic E-state index is 12.8. The van der Waals surface area contributed by atoms with Gasteiger partial charge in [-0.15, -0.1) is 0 Å². The molecule has 0 aromatic heterocycles. The van der Waals surface area contributed by atoms with E-state index in [1.54, 1.807) is 20.8 Å². The third kappa shape index (κ3) is 6.31. The third-order valence-electron chi connectivity index (χ3n) is 6.38. The molecule has 2 amide bonds. The van der Waals surface area contributed by atoms with E-state index in [1.807, 2.05) is 30.6 Å². The molecule has 174 valence electrons. The molecule has 2 fully saturated rings. The average Bonchev–Trinajstić information content (AvgIpc) is 2.62. The molecule has 0 spiro atoms. The summed E-state index contributed by atoms with van der Waals surface area (Å²) in [6, 6.07) is -0.0674. The van der Waals surface area contributed by atoms with Gasteiger partial charge in [0.25, 0.3) is 0 Å². The molecule has 1 heterocycles. The third-order valence-corrected chi connectivity index (χ3v) is 6.38. The number of ether oxygens (including phenoxy) is 1. The Labute approximate surface area is 181 Å². The van der Waals surface area contributed by atoms with Gasteiger partial charge in [-0.2, -0.15) is 0 Å². The number of carbonyl (C=O) groups excluding carboxylic acids is 2. The predicted molar refractivity (Wildman–Crippen MR) is 117 cm³/mol. The van der Waals surface area contributed by atoms with Crippen LogP contribution in [0.15, 0.2) is 0 Å². The fourth-order valence-corrected chi connectivity index (χ4v) is 5.11. The van der Waals surface area contributed by atoms with E-state index in [-0.39, 0.29) is 42.1 Å². The van der Waals surface area contributed by atoms with Crippen molar-refractivity contribution < 1.29 is 19.4 Å². The molecular formula is C22H42N4O4. The first-order chi connectivity index (χ1) is 13.9. The zero-order valence-corrected chi connectivity index (χ0v) is 19.6. The van der Waals surface area contributed by atoms with E-state index in [0.717, 1.165) is 25.8 Å². The van der Waals surface area contributed by atoms with Crippen LogP contribution in [0.25, 0.3) is 0 Å². The Bertz CT molecular complexity index is 592. The summed E-state index contributed by atoms with van der Waals surface area (Å²) >= 11 is 0. The summed E-state index contributed by atoms with van der Waals surface area (Å²) in [5.41, 5.74) is 5.34. The number of hydrogen-bond donors (Lipinski definition) is 3. The van der Waals surface area contributed by atoms with Gasteiger partial charge in [0.05, 0.1) is 23.8 Å². The van der Waals surface area contributed by atoms with E-state index in [2.05, 4.69) is 5.32 Å². The first-order valence-electron chi connectivity index (χ1n) is 11.3. The van der Waals surface area contributed by atoms with Gasteiger partial charge in [-0.05, 0) is 78.8 Å². The second kappa shape index (κ2) is 10.3. The van der Waals surface area contributed by atoms with Crippen molar-refractivity contribution in [2.75, 3.05) is 26.2 Å². The van der Waals surface area contributed by atoms with Gasteiger partial charge in [0.1, 0.15) is 0 Å². The highest BCUT2D eigenvalue weighted by Crippen LogP contribution is 2.38. The Hall–Kier alpha value is -1.38. The summed E-state index contributed by atoms with van der Waals surface area (Å²) in [5, 5.41) is 13.3. The number of hydrogen-bond acceptors (Lipinski definition) is 6. The summed E-state index contributed by atoms with van der Waals surface area (Å²) in [4.78, 5) is 29.0. The molecule has 8 heteroatoms. The first-order valence-corrected chi connectivity index (χ1v) is 11.3. The van der Waals surface area contributed by atoms with E-state index in [4.69, 9.17) is 10.5 Å². The van der Waals surface area contributed by atoms with E-state index in [0.29, 0.717) is 25.6 Å². The van der Waals surface area contributed by atoms with Crippen LogP contribution < -0.4 is 11.1 Å². The molecule has 0 radical (unpaired) electrons. The Morgan fingerprint density at radius 3 is 2.47 bits per heavy atom. The predicted octanol–water partition coefficient (Wildman–Crippen LogP) is 1.56. The lowest BCUT2D eigenvalue weighted by atomic mass is 9.73. The molecule has 0 bridgehead atoms. The normalized spacial score (nSPS) is 28.3. The number of amides is 2. The topological polar surface area (TPSA) is 108 Å². The highest BCUT2D eigenvalue weighted by Gasteiger charge is 2.47. The van der Waals surface area contributed by atoms with E-state index >= 15 is 0 Å². The molecule has 5 atom stereocenters. The molecule has 4 unspecified atom stereocenters. The summed E-state index contributed by atoms with van der Waals surface area (Å²) in [5.74, 6) is 0.665. The maximum Gasteiger partial charge on any atom is 0.410 e. The van der Waals surface area contributed by atoms with Crippen molar-refractivity contribution in [2.24, 2.45) is 17.6 Å². The zero-order valence-electron chi connectivity index (χ0n) is 19.6. The molecule has 2 rings (SSSR count). The van der Waals surface area contributed by atoms with Gasteiger partial charge < -0.3 is 30.7 Å². The van der Waals surface area contributed by atoms with Gasteiger partial charge in [-0.25, -0.2) is 4.79 Å². The number of nitrogens with two attached hydrogens (primary N) is 1. The lowest BCUT2D eigenvalue weighted by molar-refractivity contribution is -0.142. The van der Waals surface area contributed by atoms with Crippen LogP contribution in [0.5, 0.6) is 0 Å². The van der Waals surface area contributed by atoms with E-state index in [1.165, 1.54) is 0 Å². The lowest BCUT2D eigenvalue weighted by Gasteiger charge is -2.54. The largest absolute Gasteiger partial charge is 0.447 e. The van der Waals surface area contributed by atoms with Crippen LogP contribution in [0, 0.1) is 11.8 Å². The number of fused-ring (bicyclic) bond motifs is 1. The summed E-state index contributed by atoms with van der Waals surface area (Å²) in [6.45, 7) is 13.2. The monoisotopic (exact) mass is 426 g/mol. The van der Waals surface area contributed by atoms with Crippen LogP contribution >= 0.6 is 0 Å². The highest BCUT2D eigenvalue weighted by atomic mass is 16.6. The molecule has 1 saturated heterocycles. The number of piperazine rings is 1. The number of carbonyl (C=O) groups is 2. The smallest absolute Gasteiger partial charge is 0.410 e. The Morgan fingerprint density at radius 2 is 1.93 bits per heavy atom. The van der Waals surface area contributed by atoms with Crippen molar-refractivity contribution in [3.8, 4) is 0 Å².